The van der Waals surface area contributed by atoms with Crippen molar-refractivity contribution in [2.45, 2.75) is 31.3 Å². The number of aromatic nitrogens is 3. The Morgan fingerprint density at radius 2 is 1.94 bits per heavy atom. The first-order chi connectivity index (χ1) is 15.6. The minimum absolute atomic E-state index is 0.0671. The van der Waals surface area contributed by atoms with Crippen LogP contribution in [0.5, 0.6) is 0 Å². The number of amides is 1. The van der Waals surface area contributed by atoms with Crippen molar-refractivity contribution in [3.05, 3.63) is 96.4 Å². The lowest BCUT2D eigenvalue weighted by Gasteiger charge is -2.36. The van der Waals surface area contributed by atoms with Gasteiger partial charge in [-0.25, -0.2) is 9.78 Å². The Bertz CT molecular complexity index is 1470. The zero-order chi connectivity index (χ0) is 21.8. The van der Waals surface area contributed by atoms with E-state index in [2.05, 4.69) is 21.4 Å². The zero-order valence-corrected chi connectivity index (χ0v) is 18.0. The van der Waals surface area contributed by atoms with Crippen molar-refractivity contribution in [1.82, 2.24) is 19.4 Å². The molecule has 1 aliphatic heterocycles. The van der Waals surface area contributed by atoms with E-state index in [1.54, 1.807) is 17.4 Å². The van der Waals surface area contributed by atoms with Crippen molar-refractivity contribution in [2.75, 3.05) is 6.54 Å². The van der Waals surface area contributed by atoms with Crippen molar-refractivity contribution in [2.24, 2.45) is 0 Å². The molecule has 32 heavy (non-hydrogen) atoms. The van der Waals surface area contributed by atoms with Gasteiger partial charge in [-0.05, 0) is 47.9 Å². The minimum atomic E-state index is -0.512. The fourth-order valence-electron chi connectivity index (χ4n) is 4.62. The maximum absolute atomic E-state index is 13.7. The average Bonchev–Trinajstić information content (AvgIpc) is 3.53. The van der Waals surface area contributed by atoms with Gasteiger partial charge >= 0.3 is 5.69 Å². The number of benzene rings is 1. The summed E-state index contributed by atoms with van der Waals surface area (Å²) in [6.45, 7) is 0.585. The van der Waals surface area contributed by atoms with Gasteiger partial charge in [-0.3, -0.25) is 19.1 Å². The molecule has 0 saturated heterocycles. The van der Waals surface area contributed by atoms with Crippen LogP contribution in [0.4, 0.5) is 0 Å². The molecule has 0 bridgehead atoms. The first kappa shape index (κ1) is 19.2. The van der Waals surface area contributed by atoms with Crippen molar-refractivity contribution in [3.8, 4) is 0 Å². The van der Waals surface area contributed by atoms with Crippen molar-refractivity contribution < 1.29 is 4.79 Å². The average molecular weight is 445 g/mol. The molecular formula is C24H20N4O3S. The maximum atomic E-state index is 13.7. The SMILES string of the molecule is O=C(c1cnc2c(c1)c(=O)[nH]c(=O)n2C1CC1)N1CCc2sccc2C1c1ccccc1. The van der Waals surface area contributed by atoms with E-state index in [1.807, 2.05) is 35.2 Å². The number of hydrogen-bond acceptors (Lipinski definition) is 5. The van der Waals surface area contributed by atoms with Crippen LogP contribution < -0.4 is 11.2 Å². The minimum Gasteiger partial charge on any atom is -0.327 e. The van der Waals surface area contributed by atoms with E-state index >= 15 is 0 Å². The lowest BCUT2D eigenvalue weighted by atomic mass is 9.92. The molecule has 6 rings (SSSR count). The standard InChI is InChI=1S/C24H20N4O3S/c29-22-18-12-15(13-25-21(18)28(16-6-7-16)24(31)26-22)23(30)27-10-8-19-17(9-11-32-19)20(27)14-4-2-1-3-5-14/h1-5,9,11-13,16,20H,6-8,10H2,(H,26,29,31). The van der Waals surface area contributed by atoms with E-state index in [1.165, 1.54) is 15.6 Å². The molecule has 1 atom stereocenters. The van der Waals surface area contributed by atoms with Gasteiger partial charge in [0.2, 0.25) is 0 Å². The predicted octanol–water partition coefficient (Wildman–Crippen LogP) is 3.27. The number of rotatable bonds is 3. The molecule has 8 heteroatoms. The van der Waals surface area contributed by atoms with Crippen molar-refractivity contribution in [1.29, 1.82) is 0 Å². The molecule has 1 saturated carbocycles. The Morgan fingerprint density at radius 1 is 1.12 bits per heavy atom. The summed E-state index contributed by atoms with van der Waals surface area (Å²) in [5.41, 5.74) is 1.94. The van der Waals surface area contributed by atoms with E-state index in [4.69, 9.17) is 0 Å². The molecule has 3 aromatic heterocycles. The van der Waals surface area contributed by atoms with E-state index in [-0.39, 0.29) is 23.4 Å². The van der Waals surface area contributed by atoms with Crippen LogP contribution in [0.2, 0.25) is 0 Å². The number of hydrogen-bond donors (Lipinski definition) is 1. The quantitative estimate of drug-likeness (QED) is 0.525. The highest BCUT2D eigenvalue weighted by atomic mass is 32.1. The van der Waals surface area contributed by atoms with Crippen LogP contribution in [0, 0.1) is 0 Å². The molecule has 2 aliphatic rings. The van der Waals surface area contributed by atoms with Crippen LogP contribution in [-0.2, 0) is 6.42 Å². The fourth-order valence-corrected chi connectivity index (χ4v) is 5.53. The molecule has 1 aliphatic carbocycles. The molecule has 1 aromatic carbocycles. The number of carbonyl (C=O) groups excluding carboxylic acids is 1. The van der Waals surface area contributed by atoms with E-state index in [0.29, 0.717) is 17.8 Å². The van der Waals surface area contributed by atoms with Crippen LogP contribution in [0.15, 0.2) is 63.6 Å². The second-order valence-corrected chi connectivity index (χ2v) is 9.32. The van der Waals surface area contributed by atoms with Crippen molar-refractivity contribution >= 4 is 28.3 Å². The van der Waals surface area contributed by atoms with Gasteiger partial charge in [-0.1, -0.05) is 30.3 Å². The molecule has 4 aromatic rings. The lowest BCUT2D eigenvalue weighted by Crippen LogP contribution is -2.40. The molecule has 7 nitrogen and oxygen atoms in total. The summed E-state index contributed by atoms with van der Waals surface area (Å²) in [5.74, 6) is -0.173. The fraction of sp³-hybridized carbons (Fsp3) is 0.250. The molecular weight excluding hydrogens is 424 g/mol. The Labute approximate surface area is 187 Å². The highest BCUT2D eigenvalue weighted by Crippen LogP contribution is 2.39. The van der Waals surface area contributed by atoms with Crippen LogP contribution >= 0.6 is 11.3 Å². The summed E-state index contributed by atoms with van der Waals surface area (Å²) in [5, 5.41) is 2.34. The number of thiophene rings is 1. The third-order valence-corrected chi connectivity index (χ3v) is 7.28. The molecule has 1 N–H and O–H groups in total. The van der Waals surface area contributed by atoms with Gasteiger partial charge in [0.15, 0.2) is 0 Å². The predicted molar refractivity (Wildman–Crippen MR) is 122 cm³/mol. The first-order valence-corrected chi connectivity index (χ1v) is 11.6. The number of fused-ring (bicyclic) bond motifs is 2. The number of nitrogens with one attached hydrogen (secondary N) is 1. The highest BCUT2D eigenvalue weighted by molar-refractivity contribution is 7.10. The zero-order valence-electron chi connectivity index (χ0n) is 17.2. The number of nitrogens with zero attached hydrogens (tertiary/aromatic N) is 3. The van der Waals surface area contributed by atoms with Crippen LogP contribution in [0.3, 0.4) is 0 Å². The summed E-state index contributed by atoms with van der Waals surface area (Å²) in [6.07, 6.45) is 4.07. The lowest BCUT2D eigenvalue weighted by molar-refractivity contribution is 0.0696. The number of H-pyrrole nitrogens is 1. The van der Waals surface area contributed by atoms with Crippen LogP contribution in [0.25, 0.3) is 11.0 Å². The summed E-state index contributed by atoms with van der Waals surface area (Å²) in [4.78, 5) is 48.4. The van der Waals surface area contributed by atoms with Gasteiger partial charge < -0.3 is 4.90 Å². The number of pyridine rings is 1. The first-order valence-electron chi connectivity index (χ1n) is 10.7. The highest BCUT2D eigenvalue weighted by Gasteiger charge is 2.34. The van der Waals surface area contributed by atoms with Gasteiger partial charge in [0, 0.05) is 23.7 Å². The smallest absolute Gasteiger partial charge is 0.327 e. The Kier molecular flexibility index (Phi) is 4.36. The largest absolute Gasteiger partial charge is 0.330 e. The Hall–Kier alpha value is -3.52. The molecule has 0 spiro atoms. The van der Waals surface area contributed by atoms with Gasteiger partial charge in [0.1, 0.15) is 5.65 Å². The molecule has 1 fully saturated rings. The van der Waals surface area contributed by atoms with Crippen molar-refractivity contribution in [3.63, 3.8) is 0 Å². The van der Waals surface area contributed by atoms with E-state index in [0.717, 1.165) is 30.4 Å². The third kappa shape index (κ3) is 3.02. The number of aromatic amines is 1. The molecule has 0 radical (unpaired) electrons. The maximum Gasteiger partial charge on any atom is 0.330 e. The van der Waals surface area contributed by atoms with Crippen LogP contribution in [0.1, 0.15) is 51.3 Å². The van der Waals surface area contributed by atoms with E-state index < -0.39 is 11.2 Å². The Balaban J connectivity index is 1.45. The molecule has 1 amide bonds. The summed E-state index contributed by atoms with van der Waals surface area (Å²) >= 11 is 1.72. The molecule has 1 unspecified atom stereocenters. The Morgan fingerprint density at radius 3 is 2.72 bits per heavy atom. The monoisotopic (exact) mass is 444 g/mol. The normalized spacial score (nSPS) is 18.0. The topological polar surface area (TPSA) is 88.1 Å². The molecule has 4 heterocycles. The third-order valence-electron chi connectivity index (χ3n) is 6.28. The number of carbonyl (C=O) groups is 1. The van der Waals surface area contributed by atoms with Gasteiger partial charge in [-0.2, -0.15) is 0 Å². The van der Waals surface area contributed by atoms with Crippen LogP contribution in [-0.4, -0.2) is 31.9 Å². The summed E-state index contributed by atoms with van der Waals surface area (Å²) in [7, 11) is 0. The van der Waals surface area contributed by atoms with Gasteiger partial charge in [-0.15, -0.1) is 11.3 Å². The summed E-state index contributed by atoms with van der Waals surface area (Å²) in [6, 6.07) is 13.5. The summed E-state index contributed by atoms with van der Waals surface area (Å²) < 4.78 is 1.54. The second kappa shape index (κ2) is 7.27. The molecule has 160 valence electrons. The van der Waals surface area contributed by atoms with E-state index in [9.17, 15) is 14.4 Å². The second-order valence-electron chi connectivity index (χ2n) is 8.32. The van der Waals surface area contributed by atoms with Gasteiger partial charge in [0.05, 0.1) is 17.0 Å². The van der Waals surface area contributed by atoms with Gasteiger partial charge in [0.25, 0.3) is 11.5 Å².